The molecule has 2 amide bonds. The van der Waals surface area contributed by atoms with Crippen molar-refractivity contribution >= 4 is 17.7 Å². The Morgan fingerprint density at radius 2 is 2.09 bits per heavy atom. The first kappa shape index (κ1) is 23.7. The zero-order chi connectivity index (χ0) is 24.1. The Morgan fingerprint density at radius 3 is 2.79 bits per heavy atom. The van der Waals surface area contributed by atoms with Gasteiger partial charge in [0.15, 0.2) is 0 Å². The van der Waals surface area contributed by atoms with Crippen molar-refractivity contribution in [2.24, 2.45) is 7.05 Å². The molecule has 10 heteroatoms. The lowest BCUT2D eigenvalue weighted by atomic mass is 9.99. The van der Waals surface area contributed by atoms with Gasteiger partial charge in [0.2, 0.25) is 5.95 Å². The highest BCUT2D eigenvalue weighted by molar-refractivity contribution is 5.75. The Balaban J connectivity index is 1.41. The predicted octanol–water partition coefficient (Wildman–Crippen LogP) is 2.47. The number of likely N-dealkylation sites (tertiary alicyclic amines) is 1. The largest absolute Gasteiger partial charge is 0.396 e. The number of anilines is 2. The molecule has 1 fully saturated rings. The molecule has 3 aromatic rings. The van der Waals surface area contributed by atoms with Gasteiger partial charge in [0.05, 0.1) is 42.9 Å². The molecule has 0 atom stereocenters. The number of aromatic nitrogens is 4. The van der Waals surface area contributed by atoms with Gasteiger partial charge in [-0.25, -0.2) is 14.8 Å². The Morgan fingerprint density at radius 1 is 1.26 bits per heavy atom. The number of nitrogens with zero attached hydrogens (tertiary/aromatic N) is 5. The molecule has 34 heavy (non-hydrogen) atoms. The van der Waals surface area contributed by atoms with Crippen molar-refractivity contribution in [2.45, 2.75) is 39.0 Å². The Hall–Kier alpha value is -3.50. The zero-order valence-corrected chi connectivity index (χ0v) is 19.7. The number of aliphatic hydroxyl groups excluding tert-OH is 1. The second kappa shape index (κ2) is 10.6. The monoisotopic (exact) mass is 465 g/mol. The highest BCUT2D eigenvalue weighted by Crippen LogP contribution is 2.23. The summed E-state index contributed by atoms with van der Waals surface area (Å²) >= 11 is 0. The smallest absolute Gasteiger partial charge is 0.317 e. The van der Waals surface area contributed by atoms with Crippen molar-refractivity contribution in [1.29, 1.82) is 0 Å². The van der Waals surface area contributed by atoms with Gasteiger partial charge in [0.25, 0.3) is 0 Å². The minimum atomic E-state index is -0.107. The van der Waals surface area contributed by atoms with E-state index in [1.165, 1.54) is 0 Å². The van der Waals surface area contributed by atoms with E-state index in [9.17, 15) is 9.90 Å². The molecule has 1 aromatic carbocycles. The zero-order valence-electron chi connectivity index (χ0n) is 19.7. The predicted molar refractivity (Wildman–Crippen MR) is 129 cm³/mol. The minimum Gasteiger partial charge on any atom is -0.396 e. The molecule has 1 aliphatic heterocycles. The Kier molecular flexibility index (Phi) is 7.39. The second-order valence-corrected chi connectivity index (χ2v) is 8.62. The van der Waals surface area contributed by atoms with E-state index < -0.39 is 0 Å². The summed E-state index contributed by atoms with van der Waals surface area (Å²) in [5.74, 6) is 0.472. The molecule has 0 aliphatic carbocycles. The summed E-state index contributed by atoms with van der Waals surface area (Å²) in [4.78, 5) is 23.1. The van der Waals surface area contributed by atoms with Crippen LogP contribution in [0.1, 0.15) is 25.0 Å². The van der Waals surface area contributed by atoms with E-state index in [0.717, 1.165) is 28.1 Å². The van der Waals surface area contributed by atoms with Crippen LogP contribution < -0.4 is 10.6 Å². The number of rotatable bonds is 9. The normalized spacial score (nSPS) is 13.7. The van der Waals surface area contributed by atoms with Crippen LogP contribution in [0.2, 0.25) is 0 Å². The molecule has 0 saturated carbocycles. The van der Waals surface area contributed by atoms with Crippen LogP contribution in [-0.4, -0.2) is 67.7 Å². The maximum absolute atomic E-state index is 12.5. The van der Waals surface area contributed by atoms with E-state index in [1.54, 1.807) is 22.0 Å². The number of amides is 2. The number of hydrogen-bond donors (Lipinski definition) is 3. The highest BCUT2D eigenvalue weighted by atomic mass is 16.5. The summed E-state index contributed by atoms with van der Waals surface area (Å²) in [6.07, 6.45) is 6.00. The van der Waals surface area contributed by atoms with Crippen LogP contribution in [0.3, 0.4) is 0 Å². The molecule has 180 valence electrons. The van der Waals surface area contributed by atoms with Gasteiger partial charge in [-0.2, -0.15) is 5.10 Å². The lowest BCUT2D eigenvalue weighted by molar-refractivity contribution is -0.0641. The van der Waals surface area contributed by atoms with E-state index >= 15 is 0 Å². The number of aliphatic hydroxyl groups is 1. The van der Waals surface area contributed by atoms with Gasteiger partial charge in [0.1, 0.15) is 0 Å². The molecule has 1 saturated heterocycles. The third kappa shape index (κ3) is 5.89. The first-order valence-corrected chi connectivity index (χ1v) is 11.4. The van der Waals surface area contributed by atoms with Crippen molar-refractivity contribution in [3.05, 3.63) is 54.0 Å². The van der Waals surface area contributed by atoms with Crippen molar-refractivity contribution in [1.82, 2.24) is 30.0 Å². The maximum Gasteiger partial charge on any atom is 0.317 e. The minimum absolute atomic E-state index is 0.0162. The molecule has 3 N–H and O–H groups in total. The molecule has 10 nitrogen and oxygen atoms in total. The van der Waals surface area contributed by atoms with Crippen LogP contribution in [0, 0.1) is 0 Å². The fourth-order valence-electron chi connectivity index (χ4n) is 3.86. The van der Waals surface area contributed by atoms with Crippen LogP contribution in [-0.2, 0) is 24.8 Å². The van der Waals surface area contributed by atoms with Gasteiger partial charge in [0, 0.05) is 38.2 Å². The van der Waals surface area contributed by atoms with Crippen molar-refractivity contribution in [3.63, 3.8) is 0 Å². The van der Waals surface area contributed by atoms with Crippen LogP contribution >= 0.6 is 0 Å². The SMILES string of the molecule is CC(C)OC1CN(C(=O)NCc2ccc(-c3ccnc(Nc4cnn(C)c4)n3)cc2CCO)C1. The lowest BCUT2D eigenvalue weighted by Gasteiger charge is -2.39. The van der Waals surface area contributed by atoms with Gasteiger partial charge in [-0.15, -0.1) is 0 Å². The number of carbonyl (C=O) groups excluding carboxylic acids is 1. The van der Waals surface area contributed by atoms with Crippen molar-refractivity contribution in [3.8, 4) is 11.3 Å². The summed E-state index contributed by atoms with van der Waals surface area (Å²) < 4.78 is 7.41. The molecule has 3 heterocycles. The number of hydrogen-bond acceptors (Lipinski definition) is 7. The molecule has 2 aromatic heterocycles. The van der Waals surface area contributed by atoms with Crippen LogP contribution in [0.25, 0.3) is 11.3 Å². The third-order valence-electron chi connectivity index (χ3n) is 5.53. The number of urea groups is 1. The van der Waals surface area contributed by atoms with E-state index in [0.29, 0.717) is 32.0 Å². The second-order valence-electron chi connectivity index (χ2n) is 8.62. The lowest BCUT2D eigenvalue weighted by Crippen LogP contribution is -2.58. The van der Waals surface area contributed by atoms with E-state index in [2.05, 4.69) is 25.7 Å². The number of benzene rings is 1. The molecular formula is C24H31N7O3. The number of ether oxygens (including phenoxy) is 1. The van der Waals surface area contributed by atoms with Crippen LogP contribution in [0.5, 0.6) is 0 Å². The molecule has 4 rings (SSSR count). The fraction of sp³-hybridized carbons (Fsp3) is 0.417. The first-order valence-electron chi connectivity index (χ1n) is 11.4. The average molecular weight is 466 g/mol. The molecule has 0 radical (unpaired) electrons. The molecule has 0 bridgehead atoms. The van der Waals surface area contributed by atoms with Gasteiger partial charge in [-0.1, -0.05) is 12.1 Å². The van der Waals surface area contributed by atoms with E-state index in [4.69, 9.17) is 4.74 Å². The number of aryl methyl sites for hydroxylation is 1. The molecule has 0 unspecified atom stereocenters. The van der Waals surface area contributed by atoms with E-state index in [1.807, 2.05) is 51.4 Å². The Bertz CT molecular complexity index is 1130. The van der Waals surface area contributed by atoms with Gasteiger partial charge in [-0.05, 0) is 43.5 Å². The van der Waals surface area contributed by atoms with Gasteiger partial charge < -0.3 is 25.4 Å². The Labute approximate surface area is 199 Å². The summed E-state index contributed by atoms with van der Waals surface area (Å²) in [7, 11) is 1.84. The summed E-state index contributed by atoms with van der Waals surface area (Å²) in [6.45, 7) is 5.61. The number of nitrogens with one attached hydrogen (secondary N) is 2. The van der Waals surface area contributed by atoms with Crippen molar-refractivity contribution < 1.29 is 14.6 Å². The molecule has 1 aliphatic rings. The van der Waals surface area contributed by atoms with Gasteiger partial charge in [-0.3, -0.25) is 4.68 Å². The highest BCUT2D eigenvalue weighted by Gasteiger charge is 2.31. The van der Waals surface area contributed by atoms with Crippen LogP contribution in [0.4, 0.5) is 16.4 Å². The average Bonchev–Trinajstić information content (AvgIpc) is 3.19. The topological polar surface area (TPSA) is 117 Å². The van der Waals surface area contributed by atoms with Crippen molar-refractivity contribution in [2.75, 3.05) is 25.0 Å². The molecular weight excluding hydrogens is 434 g/mol. The van der Waals surface area contributed by atoms with Crippen LogP contribution in [0.15, 0.2) is 42.9 Å². The fourth-order valence-corrected chi connectivity index (χ4v) is 3.86. The summed E-state index contributed by atoms with van der Waals surface area (Å²) in [5, 5.41) is 19.8. The summed E-state index contributed by atoms with van der Waals surface area (Å²) in [5.41, 5.74) is 4.39. The first-order chi connectivity index (χ1) is 16.4. The maximum atomic E-state index is 12.5. The van der Waals surface area contributed by atoms with Gasteiger partial charge >= 0.3 is 6.03 Å². The standard InChI is InChI=1S/C24H31N7O3/c1-16(2)34-21-14-31(15-21)24(33)26-11-19-5-4-18(10-17(19)7-9-32)22-6-8-25-23(29-22)28-20-12-27-30(3)13-20/h4-6,8,10,12-13,16,21,32H,7,9,11,14-15H2,1-3H3,(H,26,33)(H,25,28,29). The third-order valence-corrected chi connectivity index (χ3v) is 5.53. The number of carbonyl (C=O) groups is 1. The van der Waals surface area contributed by atoms with E-state index in [-0.39, 0.29) is 24.8 Å². The molecule has 0 spiro atoms. The quantitative estimate of drug-likeness (QED) is 0.444. The summed E-state index contributed by atoms with van der Waals surface area (Å²) in [6, 6.07) is 7.67.